The van der Waals surface area contributed by atoms with Gasteiger partial charge in [-0.2, -0.15) is 0 Å². The zero-order valence-electron chi connectivity index (χ0n) is 7.18. The van der Waals surface area contributed by atoms with Gasteiger partial charge in [-0.1, -0.05) is 13.8 Å². The van der Waals surface area contributed by atoms with E-state index < -0.39 is 0 Å². The minimum Gasteiger partial charge on any atom is -0.352 e. The standard InChI is InChI=1S/C8H16O2/c1-6-8(3,4)7(2)10-5-9-6/h6-7H,5H2,1-4H3. The van der Waals surface area contributed by atoms with Crippen LogP contribution in [0.15, 0.2) is 0 Å². The molecule has 1 rings (SSSR count). The Morgan fingerprint density at radius 2 is 1.50 bits per heavy atom. The van der Waals surface area contributed by atoms with Crippen LogP contribution in [-0.4, -0.2) is 19.0 Å². The van der Waals surface area contributed by atoms with Crippen LogP contribution in [0.1, 0.15) is 27.7 Å². The lowest BCUT2D eigenvalue weighted by atomic mass is 9.81. The second-order valence-electron chi connectivity index (χ2n) is 3.56. The van der Waals surface area contributed by atoms with Crippen molar-refractivity contribution in [3.05, 3.63) is 0 Å². The summed E-state index contributed by atoms with van der Waals surface area (Å²) in [5.74, 6) is 0. The first-order valence-corrected chi connectivity index (χ1v) is 3.78. The van der Waals surface area contributed by atoms with Crippen molar-refractivity contribution in [3.63, 3.8) is 0 Å². The maximum absolute atomic E-state index is 5.34. The van der Waals surface area contributed by atoms with Crippen molar-refractivity contribution in [1.29, 1.82) is 0 Å². The Bertz CT molecular complexity index is 108. The average molecular weight is 144 g/mol. The molecule has 0 N–H and O–H groups in total. The fourth-order valence-electron chi connectivity index (χ4n) is 1.00. The van der Waals surface area contributed by atoms with E-state index in [-0.39, 0.29) is 5.41 Å². The zero-order valence-corrected chi connectivity index (χ0v) is 7.18. The Balaban J connectivity index is 2.63. The molecule has 10 heavy (non-hydrogen) atoms. The molecule has 1 aliphatic heterocycles. The Labute approximate surface area is 62.5 Å². The largest absolute Gasteiger partial charge is 0.352 e. The lowest BCUT2D eigenvalue weighted by Gasteiger charge is -2.41. The Kier molecular flexibility index (Phi) is 2.02. The summed E-state index contributed by atoms with van der Waals surface area (Å²) in [7, 11) is 0. The van der Waals surface area contributed by atoms with Crippen LogP contribution in [-0.2, 0) is 9.47 Å². The highest BCUT2D eigenvalue weighted by Gasteiger charge is 2.36. The van der Waals surface area contributed by atoms with E-state index >= 15 is 0 Å². The van der Waals surface area contributed by atoms with Gasteiger partial charge in [0.25, 0.3) is 0 Å². The van der Waals surface area contributed by atoms with Crippen molar-refractivity contribution in [2.24, 2.45) is 5.41 Å². The molecule has 1 aliphatic rings. The summed E-state index contributed by atoms with van der Waals surface area (Å²) in [6.45, 7) is 8.98. The molecule has 1 saturated heterocycles. The van der Waals surface area contributed by atoms with Crippen molar-refractivity contribution in [2.45, 2.75) is 39.9 Å². The molecule has 0 radical (unpaired) electrons. The summed E-state index contributed by atoms with van der Waals surface area (Å²) in [5.41, 5.74) is 0.151. The summed E-state index contributed by atoms with van der Waals surface area (Å²) >= 11 is 0. The third-order valence-electron chi connectivity index (χ3n) is 2.73. The molecule has 0 bridgehead atoms. The highest BCUT2D eigenvalue weighted by molar-refractivity contribution is 4.83. The van der Waals surface area contributed by atoms with Crippen LogP contribution < -0.4 is 0 Å². The van der Waals surface area contributed by atoms with E-state index in [1.807, 2.05) is 0 Å². The van der Waals surface area contributed by atoms with Crippen molar-refractivity contribution >= 4 is 0 Å². The van der Waals surface area contributed by atoms with E-state index in [1.54, 1.807) is 0 Å². The first-order chi connectivity index (χ1) is 4.55. The molecular weight excluding hydrogens is 128 g/mol. The molecule has 2 nitrogen and oxygen atoms in total. The Morgan fingerprint density at radius 3 is 1.80 bits per heavy atom. The molecule has 0 aromatic rings. The molecule has 60 valence electrons. The number of rotatable bonds is 0. The maximum Gasteiger partial charge on any atom is 0.147 e. The highest BCUT2D eigenvalue weighted by atomic mass is 16.7. The van der Waals surface area contributed by atoms with Gasteiger partial charge < -0.3 is 9.47 Å². The van der Waals surface area contributed by atoms with Crippen molar-refractivity contribution in [1.82, 2.24) is 0 Å². The third kappa shape index (κ3) is 1.18. The zero-order chi connectivity index (χ0) is 7.78. The van der Waals surface area contributed by atoms with Gasteiger partial charge in [-0.05, 0) is 13.8 Å². The lowest BCUT2D eigenvalue weighted by Crippen LogP contribution is -2.45. The second kappa shape index (κ2) is 2.51. The van der Waals surface area contributed by atoms with Crippen LogP contribution in [0.2, 0.25) is 0 Å². The topological polar surface area (TPSA) is 18.5 Å². The normalized spacial score (nSPS) is 39.6. The van der Waals surface area contributed by atoms with Gasteiger partial charge >= 0.3 is 0 Å². The van der Waals surface area contributed by atoms with E-state index in [0.29, 0.717) is 19.0 Å². The Hall–Kier alpha value is -0.0800. The van der Waals surface area contributed by atoms with Crippen LogP contribution in [0.3, 0.4) is 0 Å². The quantitative estimate of drug-likeness (QED) is 0.516. The Morgan fingerprint density at radius 1 is 1.10 bits per heavy atom. The van der Waals surface area contributed by atoms with Gasteiger partial charge in [0.15, 0.2) is 0 Å². The summed E-state index contributed by atoms with van der Waals surface area (Å²) < 4.78 is 10.7. The predicted molar refractivity (Wildman–Crippen MR) is 39.7 cm³/mol. The lowest BCUT2D eigenvalue weighted by molar-refractivity contribution is -0.227. The molecule has 2 heteroatoms. The molecular formula is C8H16O2. The molecule has 2 unspecified atom stereocenters. The minimum absolute atomic E-state index is 0.151. The van der Waals surface area contributed by atoms with Crippen LogP contribution in [0, 0.1) is 5.41 Å². The minimum atomic E-state index is 0.151. The molecule has 2 atom stereocenters. The van der Waals surface area contributed by atoms with Gasteiger partial charge in [-0.15, -0.1) is 0 Å². The first kappa shape index (κ1) is 8.02. The molecule has 0 saturated carbocycles. The van der Waals surface area contributed by atoms with E-state index in [4.69, 9.17) is 9.47 Å². The van der Waals surface area contributed by atoms with Crippen LogP contribution in [0.4, 0.5) is 0 Å². The molecule has 1 fully saturated rings. The highest BCUT2D eigenvalue weighted by Crippen LogP contribution is 2.32. The number of hydrogen-bond acceptors (Lipinski definition) is 2. The predicted octanol–water partition coefficient (Wildman–Crippen LogP) is 1.79. The average Bonchev–Trinajstić information content (AvgIpc) is 1.84. The number of ether oxygens (including phenoxy) is 2. The fraction of sp³-hybridized carbons (Fsp3) is 1.00. The second-order valence-corrected chi connectivity index (χ2v) is 3.56. The number of hydrogen-bond donors (Lipinski definition) is 0. The molecule has 0 aromatic carbocycles. The summed E-state index contributed by atoms with van der Waals surface area (Å²) in [6, 6.07) is 0. The monoisotopic (exact) mass is 144 g/mol. The van der Waals surface area contributed by atoms with Gasteiger partial charge in [0, 0.05) is 5.41 Å². The SMILES string of the molecule is CC1OCOC(C)C1(C)C. The fourth-order valence-corrected chi connectivity index (χ4v) is 1.00. The van der Waals surface area contributed by atoms with Gasteiger partial charge in [-0.3, -0.25) is 0 Å². The van der Waals surface area contributed by atoms with Crippen molar-refractivity contribution in [2.75, 3.05) is 6.79 Å². The van der Waals surface area contributed by atoms with Gasteiger partial charge in [0.05, 0.1) is 12.2 Å². The summed E-state index contributed by atoms with van der Waals surface area (Å²) in [4.78, 5) is 0. The molecule has 0 aromatic heterocycles. The van der Waals surface area contributed by atoms with Crippen LogP contribution >= 0.6 is 0 Å². The maximum atomic E-state index is 5.34. The van der Waals surface area contributed by atoms with Crippen molar-refractivity contribution in [3.8, 4) is 0 Å². The molecule has 0 aliphatic carbocycles. The summed E-state index contributed by atoms with van der Waals surface area (Å²) in [6.07, 6.45) is 0.604. The molecule has 0 amide bonds. The molecule has 0 spiro atoms. The van der Waals surface area contributed by atoms with E-state index in [1.165, 1.54) is 0 Å². The van der Waals surface area contributed by atoms with Gasteiger partial charge in [0.1, 0.15) is 6.79 Å². The van der Waals surface area contributed by atoms with E-state index in [0.717, 1.165) is 0 Å². The van der Waals surface area contributed by atoms with Gasteiger partial charge in [0.2, 0.25) is 0 Å². The van der Waals surface area contributed by atoms with E-state index in [2.05, 4.69) is 27.7 Å². The summed E-state index contributed by atoms with van der Waals surface area (Å²) in [5, 5.41) is 0. The van der Waals surface area contributed by atoms with E-state index in [9.17, 15) is 0 Å². The first-order valence-electron chi connectivity index (χ1n) is 3.78. The van der Waals surface area contributed by atoms with Crippen LogP contribution in [0.5, 0.6) is 0 Å². The van der Waals surface area contributed by atoms with Gasteiger partial charge in [-0.25, -0.2) is 0 Å². The van der Waals surface area contributed by atoms with Crippen molar-refractivity contribution < 1.29 is 9.47 Å². The molecule has 1 heterocycles. The smallest absolute Gasteiger partial charge is 0.147 e. The third-order valence-corrected chi connectivity index (χ3v) is 2.73. The van der Waals surface area contributed by atoms with Crippen LogP contribution in [0.25, 0.3) is 0 Å².